The van der Waals surface area contributed by atoms with Gasteiger partial charge in [0.15, 0.2) is 0 Å². The molecule has 1 amide bonds. The van der Waals surface area contributed by atoms with Crippen LogP contribution in [0.15, 0.2) is 53.4 Å². The molecule has 0 saturated carbocycles. The molecule has 0 radical (unpaired) electrons. The molecule has 0 unspecified atom stereocenters. The molecule has 0 aromatic heterocycles. The van der Waals surface area contributed by atoms with Crippen molar-refractivity contribution >= 4 is 29.6 Å². The molecular formula is C18H20ClNO2S. The maximum Gasteiger partial charge on any atom is 0.420 e. The summed E-state index contributed by atoms with van der Waals surface area (Å²) in [7, 11) is 1.70. The minimum atomic E-state index is -0.498. The summed E-state index contributed by atoms with van der Waals surface area (Å²) in [5.41, 5.74) is 1.65. The second-order valence-electron chi connectivity index (χ2n) is 6.10. The van der Waals surface area contributed by atoms with Gasteiger partial charge in [0, 0.05) is 17.0 Å². The molecule has 0 fully saturated rings. The van der Waals surface area contributed by atoms with Gasteiger partial charge in [0.05, 0.1) is 0 Å². The SMILES string of the molecule is CN(Sc1ccc(-c2cccc(Cl)c2)cc1)C(=O)OC(C)(C)C. The van der Waals surface area contributed by atoms with E-state index in [0.29, 0.717) is 5.02 Å². The third-order valence-corrected chi connectivity index (χ3v) is 4.05. The van der Waals surface area contributed by atoms with Gasteiger partial charge in [0.1, 0.15) is 5.60 Å². The molecule has 0 aliphatic rings. The van der Waals surface area contributed by atoms with Crippen LogP contribution in [-0.2, 0) is 4.74 Å². The first kappa shape index (κ1) is 17.7. The molecule has 0 aliphatic heterocycles. The molecule has 2 rings (SSSR count). The molecule has 0 atom stereocenters. The molecule has 122 valence electrons. The zero-order chi connectivity index (χ0) is 17.0. The van der Waals surface area contributed by atoms with Gasteiger partial charge in [0.2, 0.25) is 0 Å². The van der Waals surface area contributed by atoms with Crippen LogP contribution in [-0.4, -0.2) is 23.0 Å². The predicted molar refractivity (Wildman–Crippen MR) is 96.7 cm³/mol. The van der Waals surface area contributed by atoms with Crippen LogP contribution in [0.25, 0.3) is 11.1 Å². The maximum atomic E-state index is 12.0. The van der Waals surface area contributed by atoms with E-state index in [1.807, 2.05) is 69.3 Å². The highest BCUT2D eigenvalue weighted by Crippen LogP contribution is 2.28. The lowest BCUT2D eigenvalue weighted by Gasteiger charge is -2.23. The van der Waals surface area contributed by atoms with Crippen molar-refractivity contribution in [2.75, 3.05) is 7.05 Å². The van der Waals surface area contributed by atoms with Crippen LogP contribution >= 0.6 is 23.5 Å². The third-order valence-electron chi connectivity index (χ3n) is 2.91. The summed E-state index contributed by atoms with van der Waals surface area (Å²) in [5.74, 6) is 0. The van der Waals surface area contributed by atoms with Gasteiger partial charge in [-0.05, 0) is 68.1 Å². The van der Waals surface area contributed by atoms with E-state index < -0.39 is 5.60 Å². The van der Waals surface area contributed by atoms with Crippen molar-refractivity contribution < 1.29 is 9.53 Å². The molecule has 0 aliphatic carbocycles. The Morgan fingerprint density at radius 3 is 2.30 bits per heavy atom. The van der Waals surface area contributed by atoms with Crippen molar-refractivity contribution in [2.24, 2.45) is 0 Å². The van der Waals surface area contributed by atoms with Crippen LogP contribution in [0.2, 0.25) is 5.02 Å². The lowest BCUT2D eigenvalue weighted by molar-refractivity contribution is 0.0433. The highest BCUT2D eigenvalue weighted by Gasteiger charge is 2.20. The van der Waals surface area contributed by atoms with E-state index in [2.05, 4.69) is 0 Å². The second kappa shape index (κ2) is 7.28. The standard InChI is InChI=1S/C18H20ClNO2S/c1-18(2,3)22-17(21)20(4)23-16-10-8-13(9-11-16)14-6-5-7-15(19)12-14/h5-12H,1-4H3. The first-order chi connectivity index (χ1) is 10.7. The summed E-state index contributed by atoms with van der Waals surface area (Å²) < 4.78 is 6.82. The van der Waals surface area contributed by atoms with Gasteiger partial charge in [-0.3, -0.25) is 4.31 Å². The van der Waals surface area contributed by atoms with E-state index in [1.54, 1.807) is 7.05 Å². The first-order valence-electron chi connectivity index (χ1n) is 7.25. The number of hydrogen-bond acceptors (Lipinski definition) is 3. The Bertz CT molecular complexity index is 680. The van der Waals surface area contributed by atoms with Gasteiger partial charge in [-0.2, -0.15) is 0 Å². The van der Waals surface area contributed by atoms with Gasteiger partial charge >= 0.3 is 6.09 Å². The molecule has 0 heterocycles. The summed E-state index contributed by atoms with van der Waals surface area (Å²) in [4.78, 5) is 12.9. The van der Waals surface area contributed by atoms with Gasteiger partial charge in [0.25, 0.3) is 0 Å². The van der Waals surface area contributed by atoms with Gasteiger partial charge in [-0.1, -0.05) is 35.9 Å². The molecule has 0 bridgehead atoms. The Morgan fingerprint density at radius 1 is 1.09 bits per heavy atom. The topological polar surface area (TPSA) is 29.5 Å². The summed E-state index contributed by atoms with van der Waals surface area (Å²) in [6.45, 7) is 5.55. The van der Waals surface area contributed by atoms with E-state index in [1.165, 1.54) is 16.3 Å². The fourth-order valence-electron chi connectivity index (χ4n) is 1.90. The zero-order valence-corrected chi connectivity index (χ0v) is 15.2. The average Bonchev–Trinajstić information content (AvgIpc) is 2.46. The minimum Gasteiger partial charge on any atom is -0.443 e. The number of nitrogens with zero attached hydrogens (tertiary/aromatic N) is 1. The van der Waals surface area contributed by atoms with Gasteiger partial charge in [-0.25, -0.2) is 4.79 Å². The summed E-state index contributed by atoms with van der Waals surface area (Å²) in [6.07, 6.45) is -0.360. The van der Waals surface area contributed by atoms with E-state index >= 15 is 0 Å². The van der Waals surface area contributed by atoms with Gasteiger partial charge in [-0.15, -0.1) is 0 Å². The fourth-order valence-corrected chi connectivity index (χ4v) is 2.77. The average molecular weight is 350 g/mol. The van der Waals surface area contributed by atoms with Crippen molar-refractivity contribution in [3.05, 3.63) is 53.6 Å². The van der Waals surface area contributed by atoms with Crippen molar-refractivity contribution in [2.45, 2.75) is 31.3 Å². The molecule has 0 N–H and O–H groups in total. The predicted octanol–water partition coefficient (Wildman–Crippen LogP) is 5.88. The fraction of sp³-hybridized carbons (Fsp3) is 0.278. The van der Waals surface area contributed by atoms with Gasteiger partial charge < -0.3 is 4.74 Å². The van der Waals surface area contributed by atoms with Crippen LogP contribution in [0.5, 0.6) is 0 Å². The van der Waals surface area contributed by atoms with Crippen LogP contribution in [0, 0.1) is 0 Å². The van der Waals surface area contributed by atoms with E-state index in [9.17, 15) is 4.79 Å². The zero-order valence-electron chi connectivity index (χ0n) is 13.7. The third kappa shape index (κ3) is 5.48. The number of amides is 1. The van der Waals surface area contributed by atoms with E-state index in [-0.39, 0.29) is 6.09 Å². The molecule has 2 aromatic rings. The number of rotatable bonds is 3. The largest absolute Gasteiger partial charge is 0.443 e. The Balaban J connectivity index is 2.04. The lowest BCUT2D eigenvalue weighted by Crippen LogP contribution is -2.30. The van der Waals surface area contributed by atoms with Crippen LogP contribution in [0.3, 0.4) is 0 Å². The Morgan fingerprint density at radius 2 is 1.74 bits per heavy atom. The highest BCUT2D eigenvalue weighted by molar-refractivity contribution is 7.97. The number of carbonyl (C=O) groups is 1. The first-order valence-corrected chi connectivity index (χ1v) is 8.40. The molecule has 5 heteroatoms. The Kier molecular flexibility index (Phi) is 5.60. The quantitative estimate of drug-likeness (QED) is 0.648. The Labute approximate surface area is 146 Å². The normalized spacial score (nSPS) is 11.2. The minimum absolute atomic E-state index is 0.360. The molecule has 2 aromatic carbocycles. The van der Waals surface area contributed by atoms with Crippen molar-refractivity contribution in [1.29, 1.82) is 0 Å². The summed E-state index contributed by atoms with van der Waals surface area (Å²) >= 11 is 7.35. The molecule has 0 spiro atoms. The number of ether oxygens (including phenoxy) is 1. The van der Waals surface area contributed by atoms with Crippen molar-refractivity contribution in [3.8, 4) is 11.1 Å². The number of halogens is 1. The second-order valence-corrected chi connectivity index (χ2v) is 7.74. The van der Waals surface area contributed by atoms with Crippen LogP contribution in [0.1, 0.15) is 20.8 Å². The maximum absolute atomic E-state index is 12.0. The summed E-state index contributed by atoms with van der Waals surface area (Å²) in [6, 6.07) is 15.7. The summed E-state index contributed by atoms with van der Waals surface area (Å²) in [5, 5.41) is 0.714. The smallest absolute Gasteiger partial charge is 0.420 e. The van der Waals surface area contributed by atoms with Crippen LogP contribution < -0.4 is 0 Å². The van der Waals surface area contributed by atoms with E-state index in [4.69, 9.17) is 16.3 Å². The highest BCUT2D eigenvalue weighted by atomic mass is 35.5. The molecule has 3 nitrogen and oxygen atoms in total. The van der Waals surface area contributed by atoms with E-state index in [0.717, 1.165) is 16.0 Å². The van der Waals surface area contributed by atoms with Crippen molar-refractivity contribution in [1.82, 2.24) is 4.31 Å². The number of carbonyl (C=O) groups excluding carboxylic acids is 1. The van der Waals surface area contributed by atoms with Crippen LogP contribution in [0.4, 0.5) is 4.79 Å². The van der Waals surface area contributed by atoms with Crippen molar-refractivity contribution in [3.63, 3.8) is 0 Å². The lowest BCUT2D eigenvalue weighted by atomic mass is 10.1. The number of hydrogen-bond donors (Lipinski definition) is 0. The molecule has 23 heavy (non-hydrogen) atoms. The molecular weight excluding hydrogens is 330 g/mol. The Hall–Kier alpha value is -1.65. The molecule has 0 saturated heterocycles. The number of benzene rings is 2. The monoisotopic (exact) mass is 349 g/mol.